The van der Waals surface area contributed by atoms with Gasteiger partial charge in [0, 0.05) is 31.5 Å². The van der Waals surface area contributed by atoms with Crippen LogP contribution in [0.25, 0.3) is 0 Å². The predicted molar refractivity (Wildman–Crippen MR) is 93.4 cm³/mol. The quantitative estimate of drug-likeness (QED) is 0.845. The molecule has 1 amide bonds. The number of carbonyl (C=O) groups is 1. The number of hydrogen-bond donors (Lipinski definition) is 0. The molecule has 2 atom stereocenters. The minimum absolute atomic E-state index is 0.000894. The molecule has 136 valence electrons. The summed E-state index contributed by atoms with van der Waals surface area (Å²) in [6.07, 6.45) is 3.07. The number of rotatable bonds is 4. The summed E-state index contributed by atoms with van der Waals surface area (Å²) < 4.78 is 25.4. The van der Waals surface area contributed by atoms with E-state index in [9.17, 15) is 9.18 Å². The molecule has 0 saturated carbocycles. The normalized spacial score (nSPS) is 25.0. The van der Waals surface area contributed by atoms with Gasteiger partial charge in [0.2, 0.25) is 5.88 Å². The molecule has 2 aliphatic heterocycles. The zero-order valence-electron chi connectivity index (χ0n) is 14.4. The summed E-state index contributed by atoms with van der Waals surface area (Å²) in [6.45, 7) is 2.11. The molecule has 4 rings (SSSR count). The highest BCUT2D eigenvalue weighted by Gasteiger charge is 2.49. The summed E-state index contributed by atoms with van der Waals surface area (Å²) >= 11 is 0. The average molecular weight is 356 g/mol. The van der Waals surface area contributed by atoms with Crippen molar-refractivity contribution in [2.24, 2.45) is 5.41 Å². The molecule has 0 aliphatic carbocycles. The molecule has 26 heavy (non-hydrogen) atoms. The van der Waals surface area contributed by atoms with Crippen molar-refractivity contribution in [3.05, 3.63) is 60.0 Å². The predicted octanol–water partition coefficient (Wildman–Crippen LogP) is 2.92. The number of amides is 1. The largest absolute Gasteiger partial charge is 0.475 e. The Bertz CT molecular complexity index is 786. The molecule has 0 radical (unpaired) electrons. The van der Waals surface area contributed by atoms with Crippen molar-refractivity contribution >= 4 is 5.91 Å². The number of halogens is 1. The van der Waals surface area contributed by atoms with Gasteiger partial charge in [-0.2, -0.15) is 0 Å². The molecular weight excluding hydrogens is 335 g/mol. The summed E-state index contributed by atoms with van der Waals surface area (Å²) in [6, 6.07) is 12.1. The van der Waals surface area contributed by atoms with E-state index in [0.717, 1.165) is 12.8 Å². The van der Waals surface area contributed by atoms with Crippen LogP contribution < -0.4 is 4.74 Å². The first-order chi connectivity index (χ1) is 12.7. The molecule has 1 aromatic heterocycles. The van der Waals surface area contributed by atoms with E-state index in [4.69, 9.17) is 9.47 Å². The molecule has 6 heteroatoms. The fourth-order valence-corrected chi connectivity index (χ4v) is 3.88. The second kappa shape index (κ2) is 7.03. The van der Waals surface area contributed by atoms with Crippen LogP contribution in [-0.2, 0) is 4.74 Å². The van der Waals surface area contributed by atoms with Crippen LogP contribution in [-0.4, -0.2) is 48.2 Å². The number of benzene rings is 1. The number of hydrogen-bond acceptors (Lipinski definition) is 4. The van der Waals surface area contributed by atoms with Crippen LogP contribution in [0.5, 0.6) is 5.88 Å². The van der Waals surface area contributed by atoms with Gasteiger partial charge in [-0.1, -0.05) is 18.2 Å². The Hall–Kier alpha value is -2.47. The summed E-state index contributed by atoms with van der Waals surface area (Å²) in [5.41, 5.74) is 0.351. The van der Waals surface area contributed by atoms with E-state index >= 15 is 0 Å². The molecule has 2 fully saturated rings. The fraction of sp³-hybridized carbons (Fsp3) is 0.400. The number of piperidine rings is 1. The highest BCUT2D eigenvalue weighted by molar-refractivity contribution is 5.94. The van der Waals surface area contributed by atoms with E-state index in [2.05, 4.69) is 4.98 Å². The first-order valence-corrected chi connectivity index (χ1v) is 8.87. The van der Waals surface area contributed by atoms with Crippen molar-refractivity contribution in [3.8, 4) is 5.88 Å². The second-order valence-corrected chi connectivity index (χ2v) is 6.93. The van der Waals surface area contributed by atoms with Gasteiger partial charge in [-0.05, 0) is 37.1 Å². The highest BCUT2D eigenvalue weighted by Crippen LogP contribution is 2.41. The van der Waals surface area contributed by atoms with E-state index in [1.807, 2.05) is 35.2 Å². The summed E-state index contributed by atoms with van der Waals surface area (Å²) in [7, 11) is 0. The molecule has 0 N–H and O–H groups in total. The first kappa shape index (κ1) is 17.0. The number of likely N-dealkylation sites (tertiary alicyclic amines) is 1. The lowest BCUT2D eigenvalue weighted by Crippen LogP contribution is -2.54. The minimum atomic E-state index is -0.479. The maximum Gasteiger partial charge on any atom is 0.253 e. The minimum Gasteiger partial charge on any atom is -0.475 e. The van der Waals surface area contributed by atoms with E-state index in [-0.39, 0.29) is 29.9 Å². The molecule has 3 heterocycles. The molecule has 2 saturated heterocycles. The Labute approximate surface area is 151 Å². The van der Waals surface area contributed by atoms with Gasteiger partial charge in [-0.25, -0.2) is 9.37 Å². The molecule has 2 aliphatic rings. The SMILES string of the molecule is O=C(c1ccccc1)N1CC[C@@H]2OCC[C@]2(COc2ncccc2F)C1. The molecule has 0 unspecified atom stereocenters. The Morgan fingerprint density at radius 1 is 1.31 bits per heavy atom. The molecule has 0 bridgehead atoms. The van der Waals surface area contributed by atoms with Crippen LogP contribution in [0, 0.1) is 11.2 Å². The third-order valence-electron chi connectivity index (χ3n) is 5.30. The number of ether oxygens (including phenoxy) is 2. The zero-order chi connectivity index (χ0) is 18.0. The Morgan fingerprint density at radius 2 is 2.15 bits per heavy atom. The van der Waals surface area contributed by atoms with Gasteiger partial charge in [-0.3, -0.25) is 4.79 Å². The van der Waals surface area contributed by atoms with E-state index in [0.29, 0.717) is 25.3 Å². The highest BCUT2D eigenvalue weighted by atomic mass is 19.1. The Morgan fingerprint density at radius 3 is 2.96 bits per heavy atom. The van der Waals surface area contributed by atoms with Gasteiger partial charge < -0.3 is 14.4 Å². The summed E-state index contributed by atoms with van der Waals surface area (Å²) in [5.74, 6) is -0.467. The van der Waals surface area contributed by atoms with Crippen molar-refractivity contribution in [2.45, 2.75) is 18.9 Å². The lowest BCUT2D eigenvalue weighted by molar-refractivity contribution is -0.0337. The topological polar surface area (TPSA) is 51.7 Å². The van der Waals surface area contributed by atoms with Crippen LogP contribution in [0.4, 0.5) is 4.39 Å². The lowest BCUT2D eigenvalue weighted by atomic mass is 9.77. The number of aromatic nitrogens is 1. The third kappa shape index (κ3) is 3.17. The number of pyridine rings is 1. The standard InChI is InChI=1S/C20H21FN2O3/c21-16-7-4-10-22-18(16)26-14-20-9-12-25-17(20)8-11-23(13-20)19(24)15-5-2-1-3-6-15/h1-7,10,17H,8-9,11-14H2/t17-,20+/m0/s1. The fourth-order valence-electron chi connectivity index (χ4n) is 3.88. The first-order valence-electron chi connectivity index (χ1n) is 8.87. The van der Waals surface area contributed by atoms with Crippen LogP contribution >= 0.6 is 0 Å². The van der Waals surface area contributed by atoms with Gasteiger partial charge >= 0.3 is 0 Å². The van der Waals surface area contributed by atoms with Crippen molar-refractivity contribution in [2.75, 3.05) is 26.3 Å². The van der Waals surface area contributed by atoms with Gasteiger partial charge in [0.25, 0.3) is 5.91 Å². The number of nitrogens with zero attached hydrogens (tertiary/aromatic N) is 2. The van der Waals surface area contributed by atoms with Crippen LogP contribution in [0.15, 0.2) is 48.7 Å². The maximum atomic E-state index is 13.8. The molecular formula is C20H21FN2O3. The Balaban J connectivity index is 1.51. The molecule has 2 aromatic rings. The lowest BCUT2D eigenvalue weighted by Gasteiger charge is -2.43. The molecule has 0 spiro atoms. The number of fused-ring (bicyclic) bond motifs is 1. The van der Waals surface area contributed by atoms with E-state index in [1.54, 1.807) is 0 Å². The molecule has 1 aromatic carbocycles. The van der Waals surface area contributed by atoms with Crippen molar-refractivity contribution in [1.82, 2.24) is 9.88 Å². The van der Waals surface area contributed by atoms with Crippen molar-refractivity contribution in [1.29, 1.82) is 0 Å². The van der Waals surface area contributed by atoms with Gasteiger partial charge in [0.05, 0.1) is 18.1 Å². The zero-order valence-corrected chi connectivity index (χ0v) is 14.4. The summed E-state index contributed by atoms with van der Waals surface area (Å²) in [5, 5.41) is 0. The summed E-state index contributed by atoms with van der Waals surface area (Å²) in [4.78, 5) is 18.6. The van der Waals surface area contributed by atoms with Crippen LogP contribution in [0.1, 0.15) is 23.2 Å². The monoisotopic (exact) mass is 356 g/mol. The third-order valence-corrected chi connectivity index (χ3v) is 5.30. The Kier molecular flexibility index (Phi) is 4.59. The smallest absolute Gasteiger partial charge is 0.253 e. The average Bonchev–Trinajstić information content (AvgIpc) is 3.11. The van der Waals surface area contributed by atoms with Gasteiger partial charge in [0.15, 0.2) is 5.82 Å². The van der Waals surface area contributed by atoms with E-state index < -0.39 is 5.82 Å². The van der Waals surface area contributed by atoms with Crippen molar-refractivity contribution in [3.63, 3.8) is 0 Å². The maximum absolute atomic E-state index is 13.8. The number of carbonyl (C=O) groups excluding carboxylic acids is 1. The van der Waals surface area contributed by atoms with Crippen LogP contribution in [0.2, 0.25) is 0 Å². The van der Waals surface area contributed by atoms with Crippen molar-refractivity contribution < 1.29 is 18.7 Å². The van der Waals surface area contributed by atoms with Gasteiger partial charge in [-0.15, -0.1) is 0 Å². The second-order valence-electron chi connectivity index (χ2n) is 6.93. The van der Waals surface area contributed by atoms with E-state index in [1.165, 1.54) is 18.3 Å². The molecule has 5 nitrogen and oxygen atoms in total. The van der Waals surface area contributed by atoms with Gasteiger partial charge in [0.1, 0.15) is 0 Å². The van der Waals surface area contributed by atoms with Crippen LogP contribution in [0.3, 0.4) is 0 Å².